The largest absolute Gasteiger partial charge is 0.444 e. The van der Waals surface area contributed by atoms with Crippen molar-refractivity contribution < 1.29 is 34.7 Å². The summed E-state index contributed by atoms with van der Waals surface area (Å²) in [4.78, 5) is 14.4. The summed E-state index contributed by atoms with van der Waals surface area (Å²) in [5.41, 5.74) is 1.35. The van der Waals surface area contributed by atoms with Crippen LogP contribution < -0.4 is 0 Å². The van der Waals surface area contributed by atoms with E-state index in [2.05, 4.69) is 0 Å². The van der Waals surface area contributed by atoms with E-state index in [9.17, 15) is 21.6 Å². The maximum Gasteiger partial charge on any atom is 0.410 e. The topological polar surface area (TPSA) is 116 Å². The summed E-state index contributed by atoms with van der Waals surface area (Å²) < 4.78 is 61.1. The number of halogens is 2. The molecule has 1 heterocycles. The molecular formula is C26H33Cl2NO8S2. The zero-order valence-electron chi connectivity index (χ0n) is 22.5. The van der Waals surface area contributed by atoms with Crippen molar-refractivity contribution in [2.45, 2.75) is 57.8 Å². The smallest absolute Gasteiger partial charge is 0.410 e. The SMILES string of the molecule is CC(C)(C)OC(=O)N1CCC(c2ccc(COS(C)(=O)=O)cc2Cl)(c2ccc(COS(C)(=O)=O)cc2Cl)CC1. The maximum absolute atomic E-state index is 12.8. The molecule has 13 heteroatoms. The molecule has 0 N–H and O–H groups in total. The Kier molecular flexibility index (Phi) is 9.67. The summed E-state index contributed by atoms with van der Waals surface area (Å²) in [7, 11) is -7.26. The average molecular weight is 623 g/mol. The van der Waals surface area contributed by atoms with Gasteiger partial charge in [0.05, 0.1) is 25.7 Å². The molecule has 0 bridgehead atoms. The first-order chi connectivity index (χ1) is 17.9. The van der Waals surface area contributed by atoms with E-state index in [1.807, 2.05) is 32.9 Å². The van der Waals surface area contributed by atoms with Crippen molar-refractivity contribution in [3.05, 3.63) is 68.7 Å². The first-order valence-corrected chi connectivity index (χ1v) is 16.5. The van der Waals surface area contributed by atoms with Crippen LogP contribution in [0.1, 0.15) is 55.9 Å². The van der Waals surface area contributed by atoms with Crippen molar-refractivity contribution in [2.24, 2.45) is 0 Å². The molecule has 216 valence electrons. The van der Waals surface area contributed by atoms with Crippen LogP contribution in [0, 0.1) is 0 Å². The summed E-state index contributed by atoms with van der Waals surface area (Å²) >= 11 is 13.6. The van der Waals surface area contributed by atoms with E-state index in [1.165, 1.54) is 0 Å². The average Bonchev–Trinajstić information content (AvgIpc) is 2.79. The minimum atomic E-state index is -3.63. The predicted octanol–water partition coefficient (Wildman–Crippen LogP) is 5.26. The third-order valence-corrected chi connectivity index (χ3v) is 7.96. The van der Waals surface area contributed by atoms with Gasteiger partial charge >= 0.3 is 6.09 Å². The van der Waals surface area contributed by atoms with Gasteiger partial charge in [-0.1, -0.05) is 47.5 Å². The van der Waals surface area contributed by atoms with Gasteiger partial charge in [0, 0.05) is 28.5 Å². The molecule has 3 rings (SSSR count). The van der Waals surface area contributed by atoms with Crippen LogP contribution in [-0.2, 0) is 52.0 Å². The molecule has 1 saturated heterocycles. The van der Waals surface area contributed by atoms with Gasteiger partial charge in [-0.25, -0.2) is 4.79 Å². The molecule has 2 aromatic carbocycles. The second kappa shape index (κ2) is 11.9. The lowest BCUT2D eigenvalue weighted by Gasteiger charge is -2.43. The van der Waals surface area contributed by atoms with Gasteiger partial charge in [0.15, 0.2) is 0 Å². The number of amides is 1. The van der Waals surface area contributed by atoms with E-state index in [0.717, 1.165) is 23.6 Å². The van der Waals surface area contributed by atoms with E-state index < -0.39 is 37.3 Å². The Labute approximate surface area is 240 Å². The minimum absolute atomic E-state index is 0.159. The van der Waals surface area contributed by atoms with Crippen molar-refractivity contribution in [3.8, 4) is 0 Å². The van der Waals surface area contributed by atoms with Crippen LogP contribution >= 0.6 is 23.2 Å². The van der Waals surface area contributed by atoms with E-state index in [1.54, 1.807) is 29.2 Å². The normalized spacial score (nSPS) is 16.2. The third kappa shape index (κ3) is 8.80. The third-order valence-electron chi connectivity index (χ3n) is 6.25. The highest BCUT2D eigenvalue weighted by Gasteiger charge is 2.42. The molecular weight excluding hydrogens is 589 g/mol. The summed E-state index contributed by atoms with van der Waals surface area (Å²) in [5.74, 6) is 0. The highest BCUT2D eigenvalue weighted by atomic mass is 35.5. The summed E-state index contributed by atoms with van der Waals surface area (Å²) in [5, 5.41) is 0.798. The van der Waals surface area contributed by atoms with Crippen LogP contribution in [0.3, 0.4) is 0 Å². The Bertz CT molecular complexity index is 1340. The van der Waals surface area contributed by atoms with Gasteiger partial charge in [0.2, 0.25) is 0 Å². The monoisotopic (exact) mass is 621 g/mol. The van der Waals surface area contributed by atoms with E-state index in [4.69, 9.17) is 36.3 Å². The lowest BCUT2D eigenvalue weighted by Crippen LogP contribution is -2.47. The van der Waals surface area contributed by atoms with Crippen LogP contribution in [0.4, 0.5) is 4.79 Å². The fraction of sp³-hybridized carbons (Fsp3) is 0.500. The van der Waals surface area contributed by atoms with Gasteiger partial charge in [-0.3, -0.25) is 8.37 Å². The fourth-order valence-corrected chi connectivity index (χ4v) is 5.97. The highest BCUT2D eigenvalue weighted by Crippen LogP contribution is 2.47. The van der Waals surface area contributed by atoms with Crippen LogP contribution in [0.2, 0.25) is 10.0 Å². The lowest BCUT2D eigenvalue weighted by atomic mass is 9.67. The molecule has 2 aromatic rings. The van der Waals surface area contributed by atoms with Crippen molar-refractivity contribution in [3.63, 3.8) is 0 Å². The van der Waals surface area contributed by atoms with Gasteiger partial charge < -0.3 is 9.64 Å². The van der Waals surface area contributed by atoms with Gasteiger partial charge in [-0.05, 0) is 68.0 Å². The molecule has 0 atom stereocenters. The number of piperidine rings is 1. The molecule has 1 aliphatic heterocycles. The fourth-order valence-electron chi connectivity index (χ4n) is 4.50. The number of likely N-dealkylation sites (tertiary alicyclic amines) is 1. The number of ether oxygens (including phenoxy) is 1. The second-order valence-corrected chi connectivity index (χ2v) is 14.7. The maximum atomic E-state index is 12.8. The van der Waals surface area contributed by atoms with Crippen LogP contribution in [-0.4, -0.2) is 59.0 Å². The molecule has 1 fully saturated rings. The second-order valence-electron chi connectivity index (χ2n) is 10.6. The van der Waals surface area contributed by atoms with Crippen LogP contribution in [0.15, 0.2) is 36.4 Å². The molecule has 1 amide bonds. The Morgan fingerprint density at radius 2 is 1.26 bits per heavy atom. The first kappa shape index (κ1) is 31.6. The Hall–Kier alpha value is -1.89. The summed E-state index contributed by atoms with van der Waals surface area (Å²) in [6, 6.07) is 10.5. The van der Waals surface area contributed by atoms with Crippen LogP contribution in [0.25, 0.3) is 0 Å². The van der Waals surface area contributed by atoms with Gasteiger partial charge in [-0.15, -0.1) is 0 Å². The Balaban J connectivity index is 1.99. The van der Waals surface area contributed by atoms with Crippen molar-refractivity contribution in [1.82, 2.24) is 4.90 Å². The lowest BCUT2D eigenvalue weighted by molar-refractivity contribution is 0.0180. The van der Waals surface area contributed by atoms with Crippen molar-refractivity contribution in [2.75, 3.05) is 25.6 Å². The Morgan fingerprint density at radius 1 is 0.846 bits per heavy atom. The van der Waals surface area contributed by atoms with E-state index >= 15 is 0 Å². The van der Waals surface area contributed by atoms with Crippen LogP contribution in [0.5, 0.6) is 0 Å². The van der Waals surface area contributed by atoms with Gasteiger partial charge in [0.25, 0.3) is 20.2 Å². The van der Waals surface area contributed by atoms with E-state index in [0.29, 0.717) is 47.1 Å². The number of benzene rings is 2. The van der Waals surface area contributed by atoms with E-state index in [-0.39, 0.29) is 13.2 Å². The molecule has 0 spiro atoms. The first-order valence-electron chi connectivity index (χ1n) is 12.1. The predicted molar refractivity (Wildman–Crippen MR) is 150 cm³/mol. The zero-order valence-corrected chi connectivity index (χ0v) is 25.6. The minimum Gasteiger partial charge on any atom is -0.444 e. The number of rotatable bonds is 8. The van der Waals surface area contributed by atoms with Gasteiger partial charge in [-0.2, -0.15) is 16.8 Å². The number of carbonyl (C=O) groups is 1. The molecule has 0 unspecified atom stereocenters. The zero-order chi connectivity index (χ0) is 29.2. The molecule has 0 aliphatic carbocycles. The summed E-state index contributed by atoms with van der Waals surface area (Å²) in [6.07, 6.45) is 2.50. The molecule has 0 saturated carbocycles. The molecule has 0 radical (unpaired) electrons. The Morgan fingerprint density at radius 3 is 1.59 bits per heavy atom. The number of hydrogen-bond acceptors (Lipinski definition) is 8. The van der Waals surface area contributed by atoms with Crippen molar-refractivity contribution in [1.29, 1.82) is 0 Å². The highest BCUT2D eigenvalue weighted by molar-refractivity contribution is 7.86. The standard InChI is InChI=1S/C26H33Cl2NO8S2/c1-25(2,3)37-24(30)29-12-10-26(11-13-29,20-8-6-18(14-22(20)27)16-35-38(4,31)32)21-9-7-19(15-23(21)28)17-36-39(5,33)34/h6-9,14-15H,10-13,16-17H2,1-5H3. The molecule has 9 nitrogen and oxygen atoms in total. The molecule has 39 heavy (non-hydrogen) atoms. The number of nitrogens with zero attached hydrogens (tertiary/aromatic N) is 1. The van der Waals surface area contributed by atoms with Crippen molar-refractivity contribution >= 4 is 49.5 Å². The van der Waals surface area contributed by atoms with Gasteiger partial charge in [0.1, 0.15) is 5.60 Å². The number of carbonyl (C=O) groups excluding carboxylic acids is 1. The summed E-state index contributed by atoms with van der Waals surface area (Å²) in [6.45, 7) is 5.86. The molecule has 0 aromatic heterocycles. The molecule has 1 aliphatic rings. The quantitative estimate of drug-likeness (QED) is 0.366. The number of hydrogen-bond donors (Lipinski definition) is 0.